The van der Waals surface area contributed by atoms with Crippen LogP contribution in [-0.4, -0.2) is 30.7 Å². The summed E-state index contributed by atoms with van der Waals surface area (Å²) in [6.45, 7) is 7.83. The second-order valence-corrected chi connectivity index (χ2v) is 7.30. The highest BCUT2D eigenvalue weighted by molar-refractivity contribution is 5.89. The van der Waals surface area contributed by atoms with Gasteiger partial charge in [0.05, 0.1) is 6.10 Å². The third kappa shape index (κ3) is 1.76. The molecule has 2 saturated carbocycles. The molecule has 108 valence electrons. The molecule has 4 nitrogen and oxygen atoms in total. The summed E-state index contributed by atoms with van der Waals surface area (Å²) in [4.78, 5) is 12.6. The Balaban J connectivity index is 1.64. The lowest BCUT2D eigenvalue weighted by Crippen LogP contribution is -2.80. The molecule has 3 aliphatic rings. The van der Waals surface area contributed by atoms with Crippen molar-refractivity contribution >= 4 is 5.91 Å². The van der Waals surface area contributed by atoms with E-state index < -0.39 is 5.54 Å². The average Bonchev–Trinajstić information content (AvgIpc) is 3.11. The van der Waals surface area contributed by atoms with Crippen LogP contribution in [0.5, 0.6) is 0 Å². The standard InChI is InChI=1S/C15H26N2O2/c1-9(10-4-5-10)8-17-13(18)15(16)11-6-7-19-12(11)14(15,2)3/h9-12H,4-8,16H2,1-3H3,(H,17,18). The summed E-state index contributed by atoms with van der Waals surface area (Å²) in [5.74, 6) is 1.60. The van der Waals surface area contributed by atoms with Crippen LogP contribution in [0.15, 0.2) is 0 Å². The third-order valence-electron chi connectivity index (χ3n) is 5.84. The lowest BCUT2D eigenvalue weighted by atomic mass is 9.48. The highest BCUT2D eigenvalue weighted by Gasteiger charge is 2.71. The minimum atomic E-state index is -0.753. The van der Waals surface area contributed by atoms with Crippen molar-refractivity contribution in [2.75, 3.05) is 13.2 Å². The maximum Gasteiger partial charge on any atom is 0.241 e. The summed E-state index contributed by atoms with van der Waals surface area (Å²) in [7, 11) is 0. The molecule has 0 bridgehead atoms. The molecule has 0 aromatic heterocycles. The van der Waals surface area contributed by atoms with Crippen molar-refractivity contribution in [2.45, 2.75) is 51.7 Å². The zero-order valence-electron chi connectivity index (χ0n) is 12.2. The minimum absolute atomic E-state index is 0.0248. The van der Waals surface area contributed by atoms with E-state index in [-0.39, 0.29) is 23.3 Å². The van der Waals surface area contributed by atoms with E-state index in [2.05, 4.69) is 26.1 Å². The van der Waals surface area contributed by atoms with E-state index in [1.807, 2.05) is 0 Å². The molecule has 0 radical (unpaired) electrons. The number of hydrogen-bond donors (Lipinski definition) is 2. The van der Waals surface area contributed by atoms with Gasteiger partial charge in [-0.15, -0.1) is 0 Å². The summed E-state index contributed by atoms with van der Waals surface area (Å²) in [6, 6.07) is 0. The Morgan fingerprint density at radius 1 is 1.42 bits per heavy atom. The van der Waals surface area contributed by atoms with Gasteiger partial charge in [-0.05, 0) is 31.1 Å². The first-order valence-electron chi connectivity index (χ1n) is 7.58. The van der Waals surface area contributed by atoms with Crippen LogP contribution < -0.4 is 11.1 Å². The number of carbonyl (C=O) groups is 1. The lowest BCUT2D eigenvalue weighted by Gasteiger charge is -2.60. The smallest absolute Gasteiger partial charge is 0.241 e. The van der Waals surface area contributed by atoms with E-state index in [0.29, 0.717) is 5.92 Å². The molecule has 1 aliphatic heterocycles. The summed E-state index contributed by atoms with van der Waals surface area (Å²) >= 11 is 0. The van der Waals surface area contributed by atoms with Gasteiger partial charge in [0.25, 0.3) is 0 Å². The maximum atomic E-state index is 12.6. The van der Waals surface area contributed by atoms with Gasteiger partial charge in [-0.1, -0.05) is 20.8 Å². The molecule has 19 heavy (non-hydrogen) atoms. The topological polar surface area (TPSA) is 64.4 Å². The highest BCUT2D eigenvalue weighted by Crippen LogP contribution is 2.58. The molecular formula is C15H26N2O2. The molecule has 0 aromatic carbocycles. The van der Waals surface area contributed by atoms with Crippen molar-refractivity contribution in [1.82, 2.24) is 5.32 Å². The fourth-order valence-corrected chi connectivity index (χ4v) is 4.08. The van der Waals surface area contributed by atoms with Crippen LogP contribution in [0.25, 0.3) is 0 Å². The van der Waals surface area contributed by atoms with E-state index >= 15 is 0 Å². The van der Waals surface area contributed by atoms with Crippen molar-refractivity contribution in [3.8, 4) is 0 Å². The van der Waals surface area contributed by atoms with Gasteiger partial charge >= 0.3 is 0 Å². The number of nitrogens with two attached hydrogens (primary N) is 1. The predicted molar refractivity (Wildman–Crippen MR) is 73.4 cm³/mol. The molecule has 1 heterocycles. The van der Waals surface area contributed by atoms with E-state index in [1.54, 1.807) is 0 Å². The zero-order valence-corrected chi connectivity index (χ0v) is 12.2. The van der Waals surface area contributed by atoms with E-state index in [0.717, 1.165) is 25.5 Å². The van der Waals surface area contributed by atoms with Crippen LogP contribution in [0, 0.1) is 23.2 Å². The summed E-state index contributed by atoms with van der Waals surface area (Å²) in [5.41, 5.74) is 5.48. The van der Waals surface area contributed by atoms with Crippen molar-refractivity contribution in [2.24, 2.45) is 28.9 Å². The molecular weight excluding hydrogens is 240 g/mol. The Morgan fingerprint density at radius 3 is 2.74 bits per heavy atom. The van der Waals surface area contributed by atoms with Crippen LogP contribution in [0.3, 0.4) is 0 Å². The SMILES string of the molecule is CC(CNC(=O)C1(N)C2CCOC2C1(C)C)C1CC1. The van der Waals surface area contributed by atoms with Crippen molar-refractivity contribution in [3.05, 3.63) is 0 Å². The van der Waals surface area contributed by atoms with Crippen molar-refractivity contribution in [1.29, 1.82) is 0 Å². The van der Waals surface area contributed by atoms with E-state index in [1.165, 1.54) is 12.8 Å². The van der Waals surface area contributed by atoms with Gasteiger partial charge in [0.1, 0.15) is 5.54 Å². The fourth-order valence-electron chi connectivity index (χ4n) is 4.08. The van der Waals surface area contributed by atoms with Gasteiger partial charge in [0.2, 0.25) is 5.91 Å². The van der Waals surface area contributed by atoms with Crippen LogP contribution in [0.2, 0.25) is 0 Å². The monoisotopic (exact) mass is 266 g/mol. The van der Waals surface area contributed by atoms with Gasteiger partial charge in [-0.25, -0.2) is 0 Å². The Bertz CT molecular complexity index is 392. The summed E-state index contributed by atoms with van der Waals surface area (Å²) in [5, 5.41) is 3.09. The summed E-state index contributed by atoms with van der Waals surface area (Å²) < 4.78 is 5.73. The zero-order chi connectivity index (χ0) is 13.8. The van der Waals surface area contributed by atoms with Crippen LogP contribution >= 0.6 is 0 Å². The number of amides is 1. The number of rotatable bonds is 4. The Morgan fingerprint density at radius 2 is 2.11 bits per heavy atom. The van der Waals surface area contributed by atoms with Crippen molar-refractivity contribution in [3.63, 3.8) is 0 Å². The maximum absolute atomic E-state index is 12.6. The largest absolute Gasteiger partial charge is 0.377 e. The van der Waals surface area contributed by atoms with E-state index in [4.69, 9.17) is 10.5 Å². The first kappa shape index (κ1) is 13.4. The fraction of sp³-hybridized carbons (Fsp3) is 0.933. The molecule has 4 heteroatoms. The van der Waals surface area contributed by atoms with E-state index in [9.17, 15) is 4.79 Å². The van der Waals surface area contributed by atoms with Gasteiger partial charge in [-0.2, -0.15) is 0 Å². The predicted octanol–water partition coefficient (Wildman–Crippen LogP) is 1.29. The lowest BCUT2D eigenvalue weighted by molar-refractivity contribution is -0.175. The first-order valence-corrected chi connectivity index (χ1v) is 7.58. The Hall–Kier alpha value is -0.610. The normalized spacial score (nSPS) is 41.3. The van der Waals surface area contributed by atoms with Gasteiger partial charge < -0.3 is 15.8 Å². The van der Waals surface area contributed by atoms with Crippen LogP contribution in [0.4, 0.5) is 0 Å². The first-order chi connectivity index (χ1) is 8.89. The number of carbonyl (C=O) groups excluding carboxylic acids is 1. The summed E-state index contributed by atoms with van der Waals surface area (Å²) in [6.07, 6.45) is 3.70. The molecule has 2 aliphatic carbocycles. The van der Waals surface area contributed by atoms with Gasteiger partial charge in [0, 0.05) is 24.5 Å². The third-order valence-corrected chi connectivity index (χ3v) is 5.84. The molecule has 3 rings (SSSR count). The molecule has 1 saturated heterocycles. The number of fused-ring (bicyclic) bond motifs is 1. The molecule has 0 aromatic rings. The minimum Gasteiger partial charge on any atom is -0.377 e. The second-order valence-electron chi connectivity index (χ2n) is 7.30. The molecule has 3 fully saturated rings. The molecule has 0 spiro atoms. The number of hydrogen-bond acceptors (Lipinski definition) is 3. The Kier molecular flexibility index (Phi) is 2.95. The van der Waals surface area contributed by atoms with Crippen molar-refractivity contribution < 1.29 is 9.53 Å². The number of nitrogens with one attached hydrogen (secondary N) is 1. The molecule has 1 amide bonds. The second kappa shape index (κ2) is 4.19. The van der Waals surface area contributed by atoms with Crippen LogP contribution in [0.1, 0.15) is 40.0 Å². The highest BCUT2D eigenvalue weighted by atomic mass is 16.5. The van der Waals surface area contributed by atoms with Gasteiger partial charge in [0.15, 0.2) is 0 Å². The van der Waals surface area contributed by atoms with Crippen LogP contribution in [-0.2, 0) is 9.53 Å². The molecule has 4 atom stereocenters. The average molecular weight is 266 g/mol. The molecule has 4 unspecified atom stereocenters. The quantitative estimate of drug-likeness (QED) is 0.806. The number of ether oxygens (including phenoxy) is 1. The van der Waals surface area contributed by atoms with Gasteiger partial charge in [-0.3, -0.25) is 4.79 Å². The molecule has 3 N–H and O–H groups in total. The Labute approximate surface area is 115 Å².